The third kappa shape index (κ3) is 5.43. The fourth-order valence-electron chi connectivity index (χ4n) is 8.38. The van der Waals surface area contributed by atoms with Crippen LogP contribution in [0.3, 0.4) is 0 Å². The van der Waals surface area contributed by atoms with Crippen LogP contribution in [0.15, 0.2) is 188 Å². The molecule has 57 heavy (non-hydrogen) atoms. The van der Waals surface area contributed by atoms with Gasteiger partial charge in [0.25, 0.3) is 0 Å². The minimum absolute atomic E-state index is 0.511. The second kappa shape index (κ2) is 13.1. The number of hydrogen-bond donors (Lipinski definition) is 0. The van der Waals surface area contributed by atoms with Crippen molar-refractivity contribution in [1.82, 2.24) is 19.5 Å². The van der Waals surface area contributed by atoms with Gasteiger partial charge in [0.1, 0.15) is 0 Å². The zero-order chi connectivity index (χ0) is 37.9. The molecular formula is C52H31N5. The summed E-state index contributed by atoms with van der Waals surface area (Å²) in [5, 5.41) is 19.4. The van der Waals surface area contributed by atoms with Crippen LogP contribution in [-0.2, 0) is 0 Å². The van der Waals surface area contributed by atoms with Crippen molar-refractivity contribution >= 4 is 54.1 Å². The molecule has 0 spiro atoms. The van der Waals surface area contributed by atoms with Crippen LogP contribution in [0.4, 0.5) is 0 Å². The maximum Gasteiger partial charge on any atom is 0.164 e. The first kappa shape index (κ1) is 32.5. The number of nitriles is 1. The minimum Gasteiger partial charge on any atom is -0.309 e. The zero-order valence-corrected chi connectivity index (χ0v) is 30.6. The Bertz CT molecular complexity index is 3340. The van der Waals surface area contributed by atoms with E-state index in [4.69, 9.17) is 15.0 Å². The molecule has 0 bridgehead atoms. The van der Waals surface area contributed by atoms with E-state index < -0.39 is 0 Å². The molecule has 2 aromatic heterocycles. The average molecular weight is 726 g/mol. The Balaban J connectivity index is 1.04. The highest BCUT2D eigenvalue weighted by Gasteiger charge is 2.17. The normalized spacial score (nSPS) is 11.5. The fourth-order valence-corrected chi connectivity index (χ4v) is 8.38. The van der Waals surface area contributed by atoms with Gasteiger partial charge in [-0.3, -0.25) is 0 Å². The van der Waals surface area contributed by atoms with Crippen LogP contribution < -0.4 is 0 Å². The summed E-state index contributed by atoms with van der Waals surface area (Å²) >= 11 is 0. The molecule has 0 amide bonds. The van der Waals surface area contributed by atoms with E-state index in [1.54, 1.807) is 6.07 Å². The van der Waals surface area contributed by atoms with Crippen LogP contribution in [0.1, 0.15) is 5.56 Å². The van der Waals surface area contributed by atoms with Gasteiger partial charge in [0.15, 0.2) is 17.5 Å². The standard InChI is InChI=1S/C52H31N5/c53-32-33-11-9-13-36(29-33)50-54-51(56-52(55-50)38-25-28-44-42-17-2-1-15-40(42)41-16-3-4-18-43(41)47(44)31-38)37-14-10-12-35(30-37)34-23-26-39(27-24-34)57-48-21-7-5-19-45(48)46-20-6-8-22-49(46)57/h1-31H. The van der Waals surface area contributed by atoms with Gasteiger partial charge in [-0.2, -0.15) is 5.26 Å². The highest BCUT2D eigenvalue weighted by Crippen LogP contribution is 2.38. The summed E-state index contributed by atoms with van der Waals surface area (Å²) in [7, 11) is 0. The van der Waals surface area contributed by atoms with E-state index in [1.165, 1.54) is 48.7 Å². The Hall–Kier alpha value is -7.94. The predicted octanol–water partition coefficient (Wildman–Crippen LogP) is 13.0. The summed E-state index contributed by atoms with van der Waals surface area (Å²) in [4.78, 5) is 15.2. The maximum atomic E-state index is 9.74. The molecule has 0 saturated carbocycles. The Kier molecular flexibility index (Phi) is 7.48. The molecule has 0 fully saturated rings. The van der Waals surface area contributed by atoms with E-state index in [2.05, 4.69) is 168 Å². The zero-order valence-electron chi connectivity index (χ0n) is 30.6. The largest absolute Gasteiger partial charge is 0.309 e. The monoisotopic (exact) mass is 725 g/mol. The number of nitrogens with zero attached hydrogens (tertiary/aromatic N) is 5. The molecule has 0 saturated heterocycles. The minimum atomic E-state index is 0.511. The molecule has 0 atom stereocenters. The summed E-state index contributed by atoms with van der Waals surface area (Å²) in [5.74, 6) is 1.64. The Morgan fingerprint density at radius 1 is 0.333 bits per heavy atom. The Morgan fingerprint density at radius 2 is 0.772 bits per heavy atom. The topological polar surface area (TPSA) is 67.4 Å². The number of fused-ring (bicyclic) bond motifs is 9. The van der Waals surface area contributed by atoms with Crippen molar-refractivity contribution in [2.24, 2.45) is 0 Å². The van der Waals surface area contributed by atoms with Crippen LogP contribution in [-0.4, -0.2) is 19.5 Å². The Morgan fingerprint density at radius 3 is 1.35 bits per heavy atom. The van der Waals surface area contributed by atoms with Gasteiger partial charge in [0.05, 0.1) is 22.7 Å². The summed E-state index contributed by atoms with van der Waals surface area (Å²) in [6, 6.07) is 67.6. The molecular weight excluding hydrogens is 695 g/mol. The van der Waals surface area contributed by atoms with Crippen molar-refractivity contribution in [3.8, 4) is 57.0 Å². The highest BCUT2D eigenvalue weighted by atomic mass is 15.0. The van der Waals surface area contributed by atoms with E-state index in [9.17, 15) is 5.26 Å². The molecule has 0 aliphatic carbocycles. The quantitative estimate of drug-likeness (QED) is 0.166. The van der Waals surface area contributed by atoms with E-state index in [1.807, 2.05) is 24.3 Å². The van der Waals surface area contributed by atoms with Gasteiger partial charge in [0.2, 0.25) is 0 Å². The van der Waals surface area contributed by atoms with Gasteiger partial charge in [-0.25, -0.2) is 15.0 Å². The molecule has 0 aliphatic heterocycles. The lowest BCUT2D eigenvalue weighted by atomic mass is 9.93. The maximum absolute atomic E-state index is 9.74. The molecule has 11 rings (SSSR count). The molecule has 0 unspecified atom stereocenters. The molecule has 11 aromatic rings. The number of hydrogen-bond acceptors (Lipinski definition) is 4. The number of para-hydroxylation sites is 2. The Labute approximate surface area is 328 Å². The SMILES string of the molecule is N#Cc1cccc(-c2nc(-c3cccc(-c4ccc(-n5c6ccccc6c6ccccc65)cc4)c3)nc(-c3ccc4c5ccccc5c5ccccc5c4c3)n2)c1. The average Bonchev–Trinajstić information content (AvgIpc) is 3.63. The van der Waals surface area contributed by atoms with Gasteiger partial charge < -0.3 is 4.57 Å². The molecule has 9 aromatic carbocycles. The third-order valence-electron chi connectivity index (χ3n) is 11.0. The van der Waals surface area contributed by atoms with Crippen LogP contribution in [0.2, 0.25) is 0 Å². The van der Waals surface area contributed by atoms with E-state index in [0.717, 1.165) is 38.9 Å². The third-order valence-corrected chi connectivity index (χ3v) is 11.0. The number of rotatable bonds is 5. The van der Waals surface area contributed by atoms with Crippen LogP contribution >= 0.6 is 0 Å². The molecule has 0 aliphatic rings. The van der Waals surface area contributed by atoms with E-state index >= 15 is 0 Å². The van der Waals surface area contributed by atoms with Crippen molar-refractivity contribution in [3.63, 3.8) is 0 Å². The lowest BCUT2D eigenvalue weighted by molar-refractivity contribution is 1.07. The van der Waals surface area contributed by atoms with Crippen molar-refractivity contribution in [3.05, 3.63) is 194 Å². The van der Waals surface area contributed by atoms with Gasteiger partial charge in [-0.15, -0.1) is 0 Å². The van der Waals surface area contributed by atoms with Crippen molar-refractivity contribution in [2.75, 3.05) is 0 Å². The van der Waals surface area contributed by atoms with E-state index in [-0.39, 0.29) is 0 Å². The van der Waals surface area contributed by atoms with Gasteiger partial charge in [-0.05, 0) is 92.0 Å². The first-order valence-corrected chi connectivity index (χ1v) is 19.0. The van der Waals surface area contributed by atoms with Crippen LogP contribution in [0.5, 0.6) is 0 Å². The summed E-state index contributed by atoms with van der Waals surface area (Å²) in [5.41, 5.74) is 8.69. The fraction of sp³-hybridized carbons (Fsp3) is 0. The highest BCUT2D eigenvalue weighted by molar-refractivity contribution is 6.25. The second-order valence-corrected chi connectivity index (χ2v) is 14.3. The summed E-state index contributed by atoms with van der Waals surface area (Å²) < 4.78 is 2.33. The van der Waals surface area contributed by atoms with Crippen LogP contribution in [0.25, 0.3) is 105 Å². The second-order valence-electron chi connectivity index (χ2n) is 14.3. The lowest BCUT2D eigenvalue weighted by Gasteiger charge is -2.13. The van der Waals surface area contributed by atoms with Crippen molar-refractivity contribution in [1.29, 1.82) is 5.26 Å². The van der Waals surface area contributed by atoms with Gasteiger partial charge in [0, 0.05) is 33.2 Å². The lowest BCUT2D eigenvalue weighted by Crippen LogP contribution is -2.00. The van der Waals surface area contributed by atoms with Crippen molar-refractivity contribution in [2.45, 2.75) is 0 Å². The summed E-state index contributed by atoms with van der Waals surface area (Å²) in [6.45, 7) is 0. The van der Waals surface area contributed by atoms with Gasteiger partial charge in [-0.1, -0.05) is 140 Å². The molecule has 5 heteroatoms. The first-order valence-electron chi connectivity index (χ1n) is 19.0. The summed E-state index contributed by atoms with van der Waals surface area (Å²) in [6.07, 6.45) is 0. The first-order chi connectivity index (χ1) is 28.2. The predicted molar refractivity (Wildman–Crippen MR) is 233 cm³/mol. The molecule has 5 nitrogen and oxygen atoms in total. The van der Waals surface area contributed by atoms with Crippen molar-refractivity contribution < 1.29 is 0 Å². The van der Waals surface area contributed by atoms with E-state index in [0.29, 0.717) is 23.0 Å². The molecule has 0 radical (unpaired) electrons. The molecule has 264 valence electrons. The number of benzene rings is 9. The number of aromatic nitrogens is 4. The molecule has 0 N–H and O–H groups in total. The van der Waals surface area contributed by atoms with Crippen LogP contribution in [0, 0.1) is 11.3 Å². The van der Waals surface area contributed by atoms with Gasteiger partial charge >= 0.3 is 0 Å². The smallest absolute Gasteiger partial charge is 0.164 e. The molecule has 2 heterocycles.